The zero-order chi connectivity index (χ0) is 23.1. The van der Waals surface area contributed by atoms with E-state index in [0.29, 0.717) is 0 Å². The third kappa shape index (κ3) is 5.96. The molecule has 0 saturated carbocycles. The van der Waals surface area contributed by atoms with E-state index in [-0.39, 0.29) is 23.1 Å². The Labute approximate surface area is 189 Å². The van der Waals surface area contributed by atoms with Gasteiger partial charge in [0.2, 0.25) is 15.9 Å². The minimum Gasteiger partial charge on any atom is -0.495 e. The highest BCUT2D eigenvalue weighted by atomic mass is 32.2. The third-order valence-electron chi connectivity index (χ3n) is 5.16. The van der Waals surface area contributed by atoms with Crippen molar-refractivity contribution in [1.82, 2.24) is 10.0 Å². The number of rotatable bonds is 9. The molecule has 1 amide bonds. The Morgan fingerprint density at radius 1 is 0.969 bits per heavy atom. The molecule has 0 aliphatic rings. The number of hydrogen-bond donors (Lipinski definition) is 2. The van der Waals surface area contributed by atoms with Crippen molar-refractivity contribution in [2.45, 2.75) is 37.2 Å². The molecular weight excluding hydrogens is 424 g/mol. The van der Waals surface area contributed by atoms with Crippen molar-refractivity contribution in [2.75, 3.05) is 7.11 Å². The Morgan fingerprint density at radius 3 is 2.22 bits per heavy atom. The summed E-state index contributed by atoms with van der Waals surface area (Å²) in [6, 6.07) is 22.5. The minimum absolute atomic E-state index is 0.00182. The first-order valence-corrected chi connectivity index (χ1v) is 11.8. The van der Waals surface area contributed by atoms with Gasteiger partial charge >= 0.3 is 0 Å². The molecule has 2 N–H and O–H groups in total. The average Bonchev–Trinajstić information content (AvgIpc) is 2.79. The van der Waals surface area contributed by atoms with Crippen LogP contribution in [0.15, 0.2) is 83.8 Å². The molecule has 6 nitrogen and oxygen atoms in total. The number of amides is 1. The SMILES string of the molecule is COc1ccc(C)cc1S(=O)(=O)NC(Cc1ccccc1)C(=O)NC(C)c1ccccc1. The van der Waals surface area contributed by atoms with Gasteiger partial charge in [-0.05, 0) is 49.1 Å². The number of aryl methyl sites for hydroxylation is 1. The van der Waals surface area contributed by atoms with Crippen LogP contribution in [0, 0.1) is 6.92 Å². The van der Waals surface area contributed by atoms with E-state index in [2.05, 4.69) is 10.0 Å². The van der Waals surface area contributed by atoms with Crippen molar-refractivity contribution in [3.8, 4) is 5.75 Å². The van der Waals surface area contributed by atoms with Crippen LogP contribution in [0.1, 0.15) is 29.7 Å². The van der Waals surface area contributed by atoms with Crippen LogP contribution in [-0.4, -0.2) is 27.5 Å². The van der Waals surface area contributed by atoms with Crippen LogP contribution in [-0.2, 0) is 21.2 Å². The molecule has 2 atom stereocenters. The molecule has 0 aliphatic carbocycles. The molecule has 168 valence electrons. The van der Waals surface area contributed by atoms with Crippen LogP contribution in [0.25, 0.3) is 0 Å². The smallest absolute Gasteiger partial charge is 0.244 e. The summed E-state index contributed by atoms with van der Waals surface area (Å²) in [6.07, 6.45) is 0.210. The highest BCUT2D eigenvalue weighted by Crippen LogP contribution is 2.25. The molecule has 3 rings (SSSR count). The molecule has 0 radical (unpaired) electrons. The zero-order valence-corrected chi connectivity index (χ0v) is 19.2. The van der Waals surface area contributed by atoms with E-state index in [1.165, 1.54) is 13.2 Å². The number of carbonyl (C=O) groups excluding carboxylic acids is 1. The molecular formula is C25H28N2O4S. The maximum Gasteiger partial charge on any atom is 0.244 e. The number of carbonyl (C=O) groups is 1. The predicted molar refractivity (Wildman–Crippen MR) is 125 cm³/mol. The summed E-state index contributed by atoms with van der Waals surface area (Å²) in [5, 5.41) is 2.93. The Kier molecular flexibility index (Phi) is 7.66. The van der Waals surface area contributed by atoms with Gasteiger partial charge in [-0.25, -0.2) is 8.42 Å². The molecule has 3 aromatic rings. The molecule has 0 bridgehead atoms. The summed E-state index contributed by atoms with van der Waals surface area (Å²) in [5.41, 5.74) is 2.55. The van der Waals surface area contributed by atoms with Crippen molar-refractivity contribution < 1.29 is 17.9 Å². The van der Waals surface area contributed by atoms with E-state index < -0.39 is 22.0 Å². The summed E-state index contributed by atoms with van der Waals surface area (Å²) in [4.78, 5) is 13.2. The van der Waals surface area contributed by atoms with Crippen molar-refractivity contribution in [1.29, 1.82) is 0 Å². The highest BCUT2D eigenvalue weighted by molar-refractivity contribution is 7.89. The lowest BCUT2D eigenvalue weighted by Crippen LogP contribution is -2.48. The number of ether oxygens (including phenoxy) is 1. The monoisotopic (exact) mass is 452 g/mol. The molecule has 0 fully saturated rings. The lowest BCUT2D eigenvalue weighted by Gasteiger charge is -2.22. The van der Waals surface area contributed by atoms with Crippen molar-refractivity contribution in [2.24, 2.45) is 0 Å². The van der Waals surface area contributed by atoms with Gasteiger partial charge in [0.1, 0.15) is 16.7 Å². The maximum absolute atomic E-state index is 13.3. The van der Waals surface area contributed by atoms with Crippen LogP contribution in [0.3, 0.4) is 0 Å². The predicted octanol–water partition coefficient (Wildman–Crippen LogP) is 3.77. The summed E-state index contributed by atoms with van der Waals surface area (Å²) >= 11 is 0. The number of methoxy groups -OCH3 is 1. The lowest BCUT2D eigenvalue weighted by atomic mass is 10.0. The fourth-order valence-corrected chi connectivity index (χ4v) is 4.87. The van der Waals surface area contributed by atoms with Gasteiger partial charge in [-0.15, -0.1) is 0 Å². The highest BCUT2D eigenvalue weighted by Gasteiger charge is 2.29. The van der Waals surface area contributed by atoms with Crippen molar-refractivity contribution in [3.63, 3.8) is 0 Å². The van der Waals surface area contributed by atoms with Gasteiger partial charge in [0.15, 0.2) is 0 Å². The maximum atomic E-state index is 13.3. The first kappa shape index (κ1) is 23.5. The first-order valence-electron chi connectivity index (χ1n) is 10.4. The Balaban J connectivity index is 1.89. The van der Waals surface area contributed by atoms with E-state index in [9.17, 15) is 13.2 Å². The van der Waals surface area contributed by atoms with Crippen molar-refractivity contribution >= 4 is 15.9 Å². The van der Waals surface area contributed by atoms with Crippen LogP contribution in [0.5, 0.6) is 5.75 Å². The van der Waals surface area contributed by atoms with Gasteiger partial charge < -0.3 is 10.1 Å². The van der Waals surface area contributed by atoms with E-state index >= 15 is 0 Å². The lowest BCUT2D eigenvalue weighted by molar-refractivity contribution is -0.123. The van der Waals surface area contributed by atoms with E-state index in [4.69, 9.17) is 4.74 Å². The Bertz CT molecular complexity index is 1150. The van der Waals surface area contributed by atoms with E-state index in [0.717, 1.165) is 16.7 Å². The van der Waals surface area contributed by atoms with Crippen LogP contribution < -0.4 is 14.8 Å². The van der Waals surface area contributed by atoms with Gasteiger partial charge in [0.25, 0.3) is 0 Å². The quantitative estimate of drug-likeness (QED) is 0.518. The zero-order valence-electron chi connectivity index (χ0n) is 18.4. The van der Waals surface area contributed by atoms with E-state index in [1.54, 1.807) is 19.1 Å². The molecule has 0 spiro atoms. The fraction of sp³-hybridized carbons (Fsp3) is 0.240. The van der Waals surface area contributed by atoms with Gasteiger partial charge in [-0.2, -0.15) is 4.72 Å². The summed E-state index contributed by atoms with van der Waals surface area (Å²) in [7, 11) is -2.61. The van der Waals surface area contributed by atoms with E-state index in [1.807, 2.05) is 67.6 Å². The first-order chi connectivity index (χ1) is 15.3. The second-order valence-electron chi connectivity index (χ2n) is 7.66. The summed E-state index contributed by atoms with van der Waals surface area (Å²) < 4.78 is 34.4. The van der Waals surface area contributed by atoms with Gasteiger partial charge in [0, 0.05) is 0 Å². The topological polar surface area (TPSA) is 84.5 Å². The van der Waals surface area contributed by atoms with Crippen LogP contribution in [0.2, 0.25) is 0 Å². The fourth-order valence-electron chi connectivity index (χ4n) is 3.42. The average molecular weight is 453 g/mol. The number of hydrogen-bond acceptors (Lipinski definition) is 4. The number of benzene rings is 3. The molecule has 0 aromatic heterocycles. The Morgan fingerprint density at radius 2 is 1.59 bits per heavy atom. The Hall–Kier alpha value is -3.16. The molecule has 32 heavy (non-hydrogen) atoms. The normalized spacial score (nSPS) is 13.2. The minimum atomic E-state index is -4.03. The largest absolute Gasteiger partial charge is 0.495 e. The molecule has 0 heterocycles. The second kappa shape index (κ2) is 10.4. The number of sulfonamides is 1. The second-order valence-corrected chi connectivity index (χ2v) is 9.34. The molecule has 0 aliphatic heterocycles. The molecule has 3 aromatic carbocycles. The standard InChI is InChI=1S/C25H28N2O4S/c1-18-14-15-23(31-3)24(16-18)32(29,30)27-22(17-20-10-6-4-7-11-20)25(28)26-19(2)21-12-8-5-9-13-21/h4-16,19,22,27H,17H2,1-3H3,(H,26,28). The summed E-state index contributed by atoms with van der Waals surface area (Å²) in [5.74, 6) is -0.181. The van der Waals surface area contributed by atoms with Crippen LogP contribution in [0.4, 0.5) is 0 Å². The molecule has 2 unspecified atom stereocenters. The third-order valence-corrected chi connectivity index (χ3v) is 6.66. The van der Waals surface area contributed by atoms with Gasteiger partial charge in [0.05, 0.1) is 13.2 Å². The van der Waals surface area contributed by atoms with Crippen molar-refractivity contribution in [3.05, 3.63) is 95.6 Å². The molecule has 0 saturated heterocycles. The van der Waals surface area contributed by atoms with Gasteiger partial charge in [-0.3, -0.25) is 4.79 Å². The van der Waals surface area contributed by atoms with Gasteiger partial charge in [-0.1, -0.05) is 66.7 Å². The molecule has 7 heteroatoms. The number of nitrogens with one attached hydrogen (secondary N) is 2. The summed E-state index contributed by atoms with van der Waals surface area (Å²) in [6.45, 7) is 3.67. The van der Waals surface area contributed by atoms with Crippen LogP contribution >= 0.6 is 0 Å².